The predicted molar refractivity (Wildman–Crippen MR) is 63.3 cm³/mol. The zero-order valence-corrected chi connectivity index (χ0v) is 9.42. The van der Waals surface area contributed by atoms with Gasteiger partial charge in [0.1, 0.15) is 0 Å². The van der Waals surface area contributed by atoms with Crippen LogP contribution in [0.25, 0.3) is 11.1 Å². The summed E-state index contributed by atoms with van der Waals surface area (Å²) in [6, 6.07) is 7.80. The first-order valence-electron chi connectivity index (χ1n) is 5.15. The molecule has 0 aliphatic rings. The minimum absolute atomic E-state index is 0.338. The fourth-order valence-corrected chi connectivity index (χ4v) is 1.57. The SMILES string of the molecule is COc1ncc(CC#N)cc1-c1cccnc1. The van der Waals surface area contributed by atoms with Crippen molar-refractivity contribution in [3.05, 3.63) is 42.4 Å². The highest BCUT2D eigenvalue weighted by molar-refractivity contribution is 5.68. The number of nitriles is 1. The van der Waals surface area contributed by atoms with Gasteiger partial charge in [-0.05, 0) is 17.7 Å². The van der Waals surface area contributed by atoms with E-state index in [1.54, 1.807) is 25.7 Å². The molecule has 0 aliphatic carbocycles. The maximum atomic E-state index is 8.69. The van der Waals surface area contributed by atoms with E-state index in [2.05, 4.69) is 16.0 Å². The fourth-order valence-electron chi connectivity index (χ4n) is 1.57. The second kappa shape index (κ2) is 5.08. The predicted octanol–water partition coefficient (Wildman–Crippen LogP) is 2.22. The smallest absolute Gasteiger partial charge is 0.221 e. The molecule has 2 heterocycles. The quantitative estimate of drug-likeness (QED) is 0.803. The number of ether oxygens (including phenoxy) is 1. The Morgan fingerprint density at radius 2 is 2.29 bits per heavy atom. The van der Waals surface area contributed by atoms with E-state index < -0.39 is 0 Å². The maximum absolute atomic E-state index is 8.69. The zero-order chi connectivity index (χ0) is 12.1. The van der Waals surface area contributed by atoms with Crippen molar-refractivity contribution in [2.24, 2.45) is 0 Å². The minimum atomic E-state index is 0.338. The summed E-state index contributed by atoms with van der Waals surface area (Å²) in [6.45, 7) is 0. The Hall–Kier alpha value is -2.41. The molecule has 0 aromatic carbocycles. The van der Waals surface area contributed by atoms with Crippen molar-refractivity contribution in [3.63, 3.8) is 0 Å². The van der Waals surface area contributed by atoms with Crippen LogP contribution in [-0.2, 0) is 6.42 Å². The first-order valence-corrected chi connectivity index (χ1v) is 5.15. The second-order valence-corrected chi connectivity index (χ2v) is 3.48. The number of nitrogens with zero attached hydrogens (tertiary/aromatic N) is 3. The molecule has 2 aromatic rings. The molecule has 0 unspecified atom stereocenters. The molecule has 4 heteroatoms. The molecular weight excluding hydrogens is 214 g/mol. The summed E-state index contributed by atoms with van der Waals surface area (Å²) >= 11 is 0. The van der Waals surface area contributed by atoms with Crippen LogP contribution in [0.4, 0.5) is 0 Å². The molecule has 17 heavy (non-hydrogen) atoms. The van der Waals surface area contributed by atoms with Gasteiger partial charge in [0.05, 0.1) is 19.6 Å². The molecule has 0 bridgehead atoms. The van der Waals surface area contributed by atoms with Gasteiger partial charge in [-0.2, -0.15) is 5.26 Å². The molecule has 2 aromatic heterocycles. The molecule has 0 aliphatic heterocycles. The summed E-state index contributed by atoms with van der Waals surface area (Å²) in [6.07, 6.45) is 5.45. The average molecular weight is 225 g/mol. The van der Waals surface area contributed by atoms with Crippen LogP contribution in [0.1, 0.15) is 5.56 Å². The van der Waals surface area contributed by atoms with Crippen molar-refractivity contribution in [2.75, 3.05) is 7.11 Å². The Bertz CT molecular complexity index is 546. The largest absolute Gasteiger partial charge is 0.481 e. The third-order valence-electron chi connectivity index (χ3n) is 2.36. The van der Waals surface area contributed by atoms with E-state index in [-0.39, 0.29) is 0 Å². The van der Waals surface area contributed by atoms with Crippen molar-refractivity contribution < 1.29 is 4.74 Å². The standard InChI is InChI=1S/C13H11N3O/c1-17-13-12(11-3-2-6-15-9-11)7-10(4-5-14)8-16-13/h2-3,6-9H,4H2,1H3. The topological polar surface area (TPSA) is 58.8 Å². The van der Waals surface area contributed by atoms with Crippen LogP contribution in [0.2, 0.25) is 0 Å². The van der Waals surface area contributed by atoms with E-state index in [9.17, 15) is 0 Å². The average Bonchev–Trinajstić information content (AvgIpc) is 2.40. The van der Waals surface area contributed by atoms with Crippen molar-refractivity contribution in [3.8, 4) is 23.1 Å². The first kappa shape index (κ1) is 11.1. The van der Waals surface area contributed by atoms with Crippen LogP contribution in [0.5, 0.6) is 5.88 Å². The fraction of sp³-hybridized carbons (Fsp3) is 0.154. The van der Waals surface area contributed by atoms with Crippen LogP contribution in [-0.4, -0.2) is 17.1 Å². The van der Waals surface area contributed by atoms with E-state index in [0.717, 1.165) is 16.7 Å². The van der Waals surface area contributed by atoms with E-state index in [1.807, 2.05) is 18.2 Å². The zero-order valence-electron chi connectivity index (χ0n) is 9.42. The maximum Gasteiger partial charge on any atom is 0.221 e. The van der Waals surface area contributed by atoms with Crippen LogP contribution in [0.15, 0.2) is 36.8 Å². The third kappa shape index (κ3) is 2.40. The molecule has 0 spiro atoms. The van der Waals surface area contributed by atoms with Gasteiger partial charge in [0, 0.05) is 29.7 Å². The first-order chi connectivity index (χ1) is 8.35. The number of pyridine rings is 2. The van der Waals surface area contributed by atoms with E-state index in [0.29, 0.717) is 12.3 Å². The van der Waals surface area contributed by atoms with Crippen molar-refractivity contribution in [2.45, 2.75) is 6.42 Å². The molecular formula is C13H11N3O. The molecule has 0 fully saturated rings. The van der Waals surface area contributed by atoms with Gasteiger partial charge in [-0.15, -0.1) is 0 Å². The number of methoxy groups -OCH3 is 1. The van der Waals surface area contributed by atoms with Gasteiger partial charge in [-0.3, -0.25) is 4.98 Å². The molecule has 4 nitrogen and oxygen atoms in total. The normalized spacial score (nSPS) is 9.65. The van der Waals surface area contributed by atoms with E-state index in [1.165, 1.54) is 0 Å². The Morgan fingerprint density at radius 1 is 1.41 bits per heavy atom. The van der Waals surface area contributed by atoms with Gasteiger partial charge in [0.15, 0.2) is 0 Å². The van der Waals surface area contributed by atoms with Crippen LogP contribution >= 0.6 is 0 Å². The molecule has 2 rings (SSSR count). The summed E-state index contributed by atoms with van der Waals surface area (Å²) in [5.74, 6) is 0.541. The van der Waals surface area contributed by atoms with Crippen LogP contribution < -0.4 is 4.74 Å². The lowest BCUT2D eigenvalue weighted by Crippen LogP contribution is -1.94. The lowest BCUT2D eigenvalue weighted by Gasteiger charge is -2.08. The molecule has 0 radical (unpaired) electrons. The number of hydrogen-bond donors (Lipinski definition) is 0. The Morgan fingerprint density at radius 3 is 2.94 bits per heavy atom. The highest BCUT2D eigenvalue weighted by Crippen LogP contribution is 2.28. The molecule has 0 saturated carbocycles. The molecule has 0 amide bonds. The lowest BCUT2D eigenvalue weighted by molar-refractivity contribution is 0.399. The molecule has 0 saturated heterocycles. The summed E-state index contributed by atoms with van der Waals surface area (Å²) in [5, 5.41) is 8.69. The van der Waals surface area contributed by atoms with Crippen molar-refractivity contribution >= 4 is 0 Å². The van der Waals surface area contributed by atoms with Gasteiger partial charge >= 0.3 is 0 Å². The molecule has 84 valence electrons. The monoisotopic (exact) mass is 225 g/mol. The van der Waals surface area contributed by atoms with Crippen LogP contribution in [0, 0.1) is 11.3 Å². The minimum Gasteiger partial charge on any atom is -0.481 e. The molecule has 0 atom stereocenters. The molecule has 0 N–H and O–H groups in total. The summed E-state index contributed by atoms with van der Waals surface area (Å²) < 4.78 is 5.21. The Kier molecular flexibility index (Phi) is 3.31. The third-order valence-corrected chi connectivity index (χ3v) is 2.36. The number of rotatable bonds is 3. The van der Waals surface area contributed by atoms with Gasteiger partial charge in [0.25, 0.3) is 0 Å². The number of aromatic nitrogens is 2. The van der Waals surface area contributed by atoms with Gasteiger partial charge in [0.2, 0.25) is 5.88 Å². The summed E-state index contributed by atoms with van der Waals surface area (Å²) in [5.41, 5.74) is 2.65. The Balaban J connectivity index is 2.51. The highest BCUT2D eigenvalue weighted by atomic mass is 16.5. The van der Waals surface area contributed by atoms with Gasteiger partial charge in [-0.25, -0.2) is 4.98 Å². The summed E-state index contributed by atoms with van der Waals surface area (Å²) in [4.78, 5) is 8.25. The van der Waals surface area contributed by atoms with E-state index in [4.69, 9.17) is 10.00 Å². The van der Waals surface area contributed by atoms with Gasteiger partial charge in [-0.1, -0.05) is 6.07 Å². The van der Waals surface area contributed by atoms with Crippen LogP contribution in [0.3, 0.4) is 0 Å². The van der Waals surface area contributed by atoms with Crippen molar-refractivity contribution in [1.82, 2.24) is 9.97 Å². The van der Waals surface area contributed by atoms with E-state index >= 15 is 0 Å². The van der Waals surface area contributed by atoms with Gasteiger partial charge < -0.3 is 4.74 Å². The summed E-state index contributed by atoms with van der Waals surface area (Å²) in [7, 11) is 1.58. The highest BCUT2D eigenvalue weighted by Gasteiger charge is 2.08. The second-order valence-electron chi connectivity index (χ2n) is 3.48. The Labute approximate surface area is 99.5 Å². The van der Waals surface area contributed by atoms with Crippen molar-refractivity contribution in [1.29, 1.82) is 5.26 Å². The number of hydrogen-bond acceptors (Lipinski definition) is 4. The lowest BCUT2D eigenvalue weighted by atomic mass is 10.1.